The third-order valence-electron chi connectivity index (χ3n) is 7.22. The van der Waals surface area contributed by atoms with Crippen LogP contribution in [0.3, 0.4) is 0 Å². The van der Waals surface area contributed by atoms with Gasteiger partial charge >= 0.3 is 0 Å². The largest absolute Gasteiger partial charge is 0.490 e. The molecule has 0 bridgehead atoms. The van der Waals surface area contributed by atoms with Crippen molar-refractivity contribution in [2.24, 2.45) is 0 Å². The molecule has 3 fully saturated rings. The highest BCUT2D eigenvalue weighted by atomic mass is 35.5. The van der Waals surface area contributed by atoms with Gasteiger partial charge in [-0.15, -0.1) is 0 Å². The number of morpholine rings is 1. The van der Waals surface area contributed by atoms with Crippen LogP contribution < -0.4 is 4.74 Å². The SMILES string of the molecule is Cc1cc(OC[C@]2(CC(=O)N3CCCCC3)CN(C(=O)CN3CCCCC3)CCO2)ccc1Cl. The smallest absolute Gasteiger partial charge is 0.236 e. The number of benzene rings is 1. The van der Waals surface area contributed by atoms with Gasteiger partial charge < -0.3 is 19.3 Å². The van der Waals surface area contributed by atoms with E-state index >= 15 is 0 Å². The van der Waals surface area contributed by atoms with E-state index in [2.05, 4.69) is 4.90 Å². The Morgan fingerprint density at radius 2 is 1.68 bits per heavy atom. The van der Waals surface area contributed by atoms with Crippen molar-refractivity contribution in [3.8, 4) is 5.75 Å². The molecule has 0 saturated carbocycles. The van der Waals surface area contributed by atoms with Crippen molar-refractivity contribution < 1.29 is 19.1 Å². The Bertz CT molecular complexity index is 854. The van der Waals surface area contributed by atoms with E-state index in [0.717, 1.165) is 57.4 Å². The lowest BCUT2D eigenvalue weighted by Gasteiger charge is -2.43. The molecule has 188 valence electrons. The predicted octanol–water partition coefficient (Wildman–Crippen LogP) is 3.51. The summed E-state index contributed by atoms with van der Waals surface area (Å²) in [5, 5.41) is 0.686. The third kappa shape index (κ3) is 6.64. The summed E-state index contributed by atoms with van der Waals surface area (Å²) in [5.41, 5.74) is 0.0678. The Morgan fingerprint density at radius 1 is 0.971 bits per heavy atom. The number of carbonyl (C=O) groups excluding carboxylic acids is 2. The normalized spacial score (nSPS) is 24.2. The molecule has 0 spiro atoms. The van der Waals surface area contributed by atoms with Crippen LogP contribution in [0, 0.1) is 6.92 Å². The number of amides is 2. The van der Waals surface area contributed by atoms with Crippen molar-refractivity contribution in [1.82, 2.24) is 14.7 Å². The summed E-state index contributed by atoms with van der Waals surface area (Å²) in [7, 11) is 0. The van der Waals surface area contributed by atoms with Gasteiger partial charge in [-0.25, -0.2) is 0 Å². The second kappa shape index (κ2) is 11.7. The van der Waals surface area contributed by atoms with Crippen molar-refractivity contribution in [1.29, 1.82) is 0 Å². The van der Waals surface area contributed by atoms with Crippen molar-refractivity contribution in [2.75, 3.05) is 59.0 Å². The number of carbonyl (C=O) groups is 2. The Morgan fingerprint density at radius 3 is 2.38 bits per heavy atom. The number of hydrogen-bond donors (Lipinski definition) is 0. The fourth-order valence-corrected chi connectivity index (χ4v) is 5.28. The molecule has 0 N–H and O–H groups in total. The van der Waals surface area contributed by atoms with Crippen LogP contribution in [0.1, 0.15) is 50.5 Å². The fraction of sp³-hybridized carbons (Fsp3) is 0.692. The molecule has 3 saturated heterocycles. The van der Waals surface area contributed by atoms with E-state index in [1.807, 2.05) is 34.9 Å². The number of piperidine rings is 2. The van der Waals surface area contributed by atoms with Gasteiger partial charge in [0.15, 0.2) is 0 Å². The number of aryl methyl sites for hydroxylation is 1. The molecule has 1 aromatic rings. The molecule has 1 atom stereocenters. The van der Waals surface area contributed by atoms with Gasteiger partial charge in [0.25, 0.3) is 0 Å². The lowest BCUT2D eigenvalue weighted by atomic mass is 9.96. The van der Waals surface area contributed by atoms with Gasteiger partial charge in [-0.3, -0.25) is 14.5 Å². The zero-order valence-corrected chi connectivity index (χ0v) is 21.2. The monoisotopic (exact) mass is 491 g/mol. The summed E-state index contributed by atoms with van der Waals surface area (Å²) in [4.78, 5) is 32.5. The number of hydrogen-bond acceptors (Lipinski definition) is 5. The summed E-state index contributed by atoms with van der Waals surface area (Å²) in [6.07, 6.45) is 7.01. The van der Waals surface area contributed by atoms with Crippen LogP contribution in [0.15, 0.2) is 18.2 Å². The topological polar surface area (TPSA) is 62.3 Å². The minimum atomic E-state index is -0.863. The van der Waals surface area contributed by atoms with Crippen LogP contribution in [0.4, 0.5) is 0 Å². The second-order valence-electron chi connectivity index (χ2n) is 10.0. The highest BCUT2D eigenvalue weighted by Gasteiger charge is 2.42. The minimum absolute atomic E-state index is 0.0842. The van der Waals surface area contributed by atoms with Gasteiger partial charge in [0.05, 0.1) is 26.1 Å². The maximum Gasteiger partial charge on any atom is 0.236 e. The lowest BCUT2D eigenvalue weighted by molar-refractivity contribution is -0.166. The molecule has 4 rings (SSSR count). The molecule has 0 radical (unpaired) electrons. The Kier molecular flexibility index (Phi) is 8.72. The lowest BCUT2D eigenvalue weighted by Crippen LogP contribution is -2.59. The Hall–Kier alpha value is -1.83. The number of likely N-dealkylation sites (tertiary alicyclic amines) is 2. The van der Waals surface area contributed by atoms with Gasteiger partial charge in [-0.2, -0.15) is 0 Å². The first-order valence-electron chi connectivity index (χ1n) is 12.7. The van der Waals surface area contributed by atoms with Crippen LogP contribution in [0.5, 0.6) is 5.75 Å². The average Bonchev–Trinajstić information content (AvgIpc) is 2.86. The summed E-state index contributed by atoms with van der Waals surface area (Å²) >= 11 is 6.17. The predicted molar refractivity (Wildman–Crippen MR) is 132 cm³/mol. The molecule has 34 heavy (non-hydrogen) atoms. The van der Waals surface area contributed by atoms with Gasteiger partial charge in [0, 0.05) is 24.7 Å². The van der Waals surface area contributed by atoms with Crippen LogP contribution >= 0.6 is 11.6 Å². The van der Waals surface area contributed by atoms with Gasteiger partial charge in [-0.05, 0) is 75.9 Å². The average molecular weight is 492 g/mol. The Balaban J connectivity index is 1.46. The zero-order valence-electron chi connectivity index (χ0n) is 20.4. The van der Waals surface area contributed by atoms with Crippen LogP contribution in [-0.4, -0.2) is 91.1 Å². The van der Waals surface area contributed by atoms with Crippen LogP contribution in [0.2, 0.25) is 5.02 Å². The van der Waals surface area contributed by atoms with E-state index in [9.17, 15) is 9.59 Å². The Labute approximate surface area is 208 Å². The molecule has 0 aliphatic carbocycles. The van der Waals surface area contributed by atoms with E-state index < -0.39 is 5.60 Å². The number of ether oxygens (including phenoxy) is 2. The maximum absolute atomic E-state index is 13.2. The summed E-state index contributed by atoms with van der Waals surface area (Å²) in [6.45, 7) is 7.45. The molecule has 7 nitrogen and oxygen atoms in total. The van der Waals surface area contributed by atoms with Crippen molar-refractivity contribution in [3.63, 3.8) is 0 Å². The number of rotatable bonds is 7. The molecule has 3 aliphatic rings. The van der Waals surface area contributed by atoms with Crippen LogP contribution in [0.25, 0.3) is 0 Å². The first-order chi connectivity index (χ1) is 16.4. The fourth-order valence-electron chi connectivity index (χ4n) is 5.16. The first-order valence-corrected chi connectivity index (χ1v) is 13.1. The maximum atomic E-state index is 13.2. The van der Waals surface area contributed by atoms with Crippen LogP contribution in [-0.2, 0) is 14.3 Å². The molecule has 0 aromatic heterocycles. The van der Waals surface area contributed by atoms with E-state index in [4.69, 9.17) is 21.1 Å². The zero-order chi connectivity index (χ0) is 24.0. The highest BCUT2D eigenvalue weighted by Crippen LogP contribution is 2.28. The molecular formula is C26H38ClN3O4. The van der Waals surface area contributed by atoms with E-state index in [1.165, 1.54) is 12.8 Å². The minimum Gasteiger partial charge on any atom is -0.490 e. The highest BCUT2D eigenvalue weighted by molar-refractivity contribution is 6.31. The quantitative estimate of drug-likeness (QED) is 0.584. The summed E-state index contributed by atoms with van der Waals surface area (Å²) in [6, 6.07) is 5.54. The van der Waals surface area contributed by atoms with E-state index in [1.54, 1.807) is 0 Å². The molecule has 3 heterocycles. The molecule has 8 heteroatoms. The molecular weight excluding hydrogens is 454 g/mol. The standard InChI is InChI=1S/C26H38ClN3O4/c1-21-16-22(8-9-23(21)27)33-20-26(17-24(31)29-12-6-3-7-13-29)19-30(14-15-34-26)25(32)18-28-10-4-2-5-11-28/h8-9,16H,2-7,10-15,17-20H2,1H3/t26-/m0/s1. The van der Waals surface area contributed by atoms with E-state index in [0.29, 0.717) is 37.0 Å². The molecule has 0 unspecified atom stereocenters. The molecule has 2 amide bonds. The summed E-state index contributed by atoms with van der Waals surface area (Å²) in [5.74, 6) is 0.885. The van der Waals surface area contributed by atoms with E-state index in [-0.39, 0.29) is 24.8 Å². The van der Waals surface area contributed by atoms with Gasteiger partial charge in [-0.1, -0.05) is 18.0 Å². The van der Waals surface area contributed by atoms with Gasteiger partial charge in [0.1, 0.15) is 18.0 Å². The second-order valence-corrected chi connectivity index (χ2v) is 10.4. The molecule has 3 aliphatic heterocycles. The summed E-state index contributed by atoms with van der Waals surface area (Å²) < 4.78 is 12.4. The van der Waals surface area contributed by atoms with Crippen molar-refractivity contribution >= 4 is 23.4 Å². The van der Waals surface area contributed by atoms with Crippen molar-refractivity contribution in [2.45, 2.75) is 57.5 Å². The van der Waals surface area contributed by atoms with Crippen molar-refractivity contribution in [3.05, 3.63) is 28.8 Å². The third-order valence-corrected chi connectivity index (χ3v) is 7.65. The first kappa shape index (κ1) is 25.3. The molecule has 1 aromatic carbocycles. The number of nitrogens with zero attached hydrogens (tertiary/aromatic N) is 3. The number of halogens is 1. The van der Waals surface area contributed by atoms with Gasteiger partial charge in [0.2, 0.25) is 11.8 Å².